The first-order chi connectivity index (χ1) is 16.8. The average Bonchev–Trinajstić information content (AvgIpc) is 2.85. The second-order valence-corrected chi connectivity index (χ2v) is 7.69. The maximum atomic E-state index is 9.24. The Hall–Kier alpha value is -4.55. The van der Waals surface area contributed by atoms with Gasteiger partial charge in [-0.05, 0) is 59.0 Å². The molecular weight excluding hydrogens is 436 g/mol. The third-order valence-electron chi connectivity index (χ3n) is 4.81. The van der Waals surface area contributed by atoms with E-state index in [1.54, 1.807) is 0 Å². The van der Waals surface area contributed by atoms with Gasteiger partial charge in [-0.3, -0.25) is 4.79 Å². The van der Waals surface area contributed by atoms with E-state index < -0.39 is 5.97 Å². The minimum Gasteiger partial charge on any atom is -0.480 e. The van der Waals surface area contributed by atoms with Crippen molar-refractivity contribution in [1.29, 1.82) is 0 Å². The number of aryl methyl sites for hydroxylation is 1. The quantitative estimate of drug-likeness (QED) is 0.207. The number of carboxylic acid groups (broad SMARTS) is 1. The van der Waals surface area contributed by atoms with Crippen LogP contribution < -0.4 is 22.9 Å². The Kier molecular flexibility index (Phi) is 10.6. The number of nitrogen functional groups attached to an aromatic ring is 3. The van der Waals surface area contributed by atoms with Crippen molar-refractivity contribution in [3.63, 3.8) is 0 Å². The van der Waals surface area contributed by atoms with Crippen molar-refractivity contribution < 1.29 is 9.90 Å². The molecule has 0 aromatic heterocycles. The first-order valence-electron chi connectivity index (χ1n) is 11.0. The Balaban J connectivity index is 0.000000172. The summed E-state index contributed by atoms with van der Waals surface area (Å²) in [7, 11) is 0. The molecule has 0 radical (unpaired) electrons. The summed E-state index contributed by atoms with van der Waals surface area (Å²) in [5.74, 6) is -0.968. The number of hydrogen-bond acceptors (Lipinski definition) is 5. The highest BCUT2D eigenvalue weighted by Crippen LogP contribution is 2.19. The average molecular weight is 469 g/mol. The molecule has 0 aliphatic rings. The summed E-state index contributed by atoms with van der Waals surface area (Å²) in [6.07, 6.45) is 0. The Morgan fingerprint density at radius 1 is 0.657 bits per heavy atom. The number of rotatable bonds is 1. The third-order valence-corrected chi connectivity index (χ3v) is 4.81. The molecule has 0 atom stereocenters. The fourth-order valence-electron chi connectivity index (χ4n) is 3.13. The van der Waals surface area contributed by atoms with E-state index in [1.807, 2.05) is 91.9 Å². The van der Waals surface area contributed by atoms with Gasteiger partial charge in [0.1, 0.15) is 0 Å². The first-order valence-corrected chi connectivity index (χ1v) is 11.0. The van der Waals surface area contributed by atoms with Gasteiger partial charge in [-0.1, -0.05) is 78.9 Å². The molecule has 0 unspecified atom stereocenters. The second-order valence-electron chi connectivity index (χ2n) is 7.69. The van der Waals surface area contributed by atoms with E-state index >= 15 is 0 Å². The minimum atomic E-state index is -0.968. The zero-order valence-electron chi connectivity index (χ0n) is 19.8. The van der Waals surface area contributed by atoms with Gasteiger partial charge >= 0.3 is 5.97 Å². The molecule has 6 heteroatoms. The Bertz CT molecular complexity index is 1340. The van der Waals surface area contributed by atoms with Gasteiger partial charge in [-0.25, -0.2) is 0 Å². The molecule has 0 spiro atoms. The molecular formula is C29H32N4O2. The van der Waals surface area contributed by atoms with Gasteiger partial charge in [0.15, 0.2) is 0 Å². The predicted molar refractivity (Wildman–Crippen MR) is 149 cm³/mol. The molecule has 0 heterocycles. The van der Waals surface area contributed by atoms with Gasteiger partial charge in [-0.2, -0.15) is 0 Å². The van der Waals surface area contributed by atoms with Crippen LogP contribution in [-0.2, 0) is 4.79 Å². The van der Waals surface area contributed by atoms with E-state index in [2.05, 4.69) is 30.0 Å². The van der Waals surface area contributed by atoms with Crippen LogP contribution in [0.5, 0.6) is 0 Å². The summed E-state index contributed by atoms with van der Waals surface area (Å²) in [4.78, 5) is 9.24. The Morgan fingerprint density at radius 2 is 1.20 bits per heavy atom. The van der Waals surface area contributed by atoms with Gasteiger partial charge in [0, 0.05) is 22.4 Å². The molecule has 180 valence electrons. The number of hydrogen-bond donors (Lipinski definition) is 5. The number of aliphatic carboxylic acids is 1. The molecule has 0 saturated carbocycles. The van der Waals surface area contributed by atoms with Crippen LogP contribution in [0.15, 0.2) is 109 Å². The van der Waals surface area contributed by atoms with E-state index in [0.717, 1.165) is 22.4 Å². The van der Waals surface area contributed by atoms with Crippen LogP contribution in [0, 0.1) is 6.92 Å². The highest BCUT2D eigenvalue weighted by atomic mass is 16.4. The van der Waals surface area contributed by atoms with Crippen molar-refractivity contribution in [2.24, 2.45) is 5.73 Å². The molecule has 0 aliphatic heterocycles. The summed E-state index contributed by atoms with van der Waals surface area (Å²) in [6.45, 7) is 1.75. The second kappa shape index (κ2) is 13.9. The molecule has 35 heavy (non-hydrogen) atoms. The lowest BCUT2D eigenvalue weighted by molar-refractivity contribution is -0.135. The zero-order valence-corrected chi connectivity index (χ0v) is 19.8. The molecule has 5 aromatic rings. The van der Waals surface area contributed by atoms with E-state index in [0.29, 0.717) is 0 Å². The highest BCUT2D eigenvalue weighted by Gasteiger charge is 1.93. The Morgan fingerprint density at radius 3 is 1.77 bits per heavy atom. The van der Waals surface area contributed by atoms with Gasteiger partial charge < -0.3 is 28.0 Å². The van der Waals surface area contributed by atoms with Crippen molar-refractivity contribution in [2.45, 2.75) is 6.92 Å². The van der Waals surface area contributed by atoms with Crippen molar-refractivity contribution in [3.05, 3.63) is 115 Å². The molecule has 0 aliphatic carbocycles. The highest BCUT2D eigenvalue weighted by molar-refractivity contribution is 5.92. The van der Waals surface area contributed by atoms with E-state index in [4.69, 9.17) is 22.3 Å². The topological polar surface area (TPSA) is 141 Å². The predicted octanol–water partition coefficient (Wildman–Crippen LogP) is 5.45. The maximum absolute atomic E-state index is 9.24. The molecule has 6 nitrogen and oxygen atoms in total. The lowest BCUT2D eigenvalue weighted by atomic mass is 10.1. The number of anilines is 3. The lowest BCUT2D eigenvalue weighted by Crippen LogP contribution is -2.10. The van der Waals surface area contributed by atoms with Crippen LogP contribution in [0.25, 0.3) is 21.5 Å². The van der Waals surface area contributed by atoms with Gasteiger partial charge in [0.05, 0.1) is 6.54 Å². The van der Waals surface area contributed by atoms with Gasteiger partial charge in [0.25, 0.3) is 0 Å². The van der Waals surface area contributed by atoms with E-state index in [-0.39, 0.29) is 6.54 Å². The Labute approximate surface area is 205 Å². The van der Waals surface area contributed by atoms with Gasteiger partial charge in [0.2, 0.25) is 0 Å². The number of carboxylic acids is 1. The first kappa shape index (κ1) is 26.7. The number of fused-ring (bicyclic) bond motifs is 2. The number of nitrogens with two attached hydrogens (primary N) is 4. The van der Waals surface area contributed by atoms with Gasteiger partial charge in [-0.15, -0.1) is 0 Å². The fourth-order valence-corrected chi connectivity index (χ4v) is 3.13. The molecule has 5 rings (SSSR count). The molecule has 0 amide bonds. The van der Waals surface area contributed by atoms with Crippen molar-refractivity contribution in [2.75, 3.05) is 23.7 Å². The van der Waals surface area contributed by atoms with Crippen LogP contribution in [0.4, 0.5) is 17.1 Å². The smallest absolute Gasteiger partial charge is 0.317 e. The van der Waals surface area contributed by atoms with Crippen LogP contribution >= 0.6 is 0 Å². The summed E-state index contributed by atoms with van der Waals surface area (Å²) in [5, 5.41) is 12.4. The fraction of sp³-hybridized carbons (Fsp3) is 0.0690. The molecule has 0 fully saturated rings. The summed E-state index contributed by atoms with van der Waals surface area (Å²) in [5.41, 5.74) is 25.1. The number of carbonyl (C=O) groups is 1. The number of benzene rings is 5. The lowest BCUT2D eigenvalue weighted by Gasteiger charge is -1.98. The van der Waals surface area contributed by atoms with Crippen LogP contribution in [-0.4, -0.2) is 17.6 Å². The SMILES string of the molecule is Cc1cccc(N)c1.NCC(=O)O.Nc1ccc2ccccc2c1.Nc1cccc2ccccc12. The maximum Gasteiger partial charge on any atom is 0.317 e. The van der Waals surface area contributed by atoms with Crippen molar-refractivity contribution in [3.8, 4) is 0 Å². The van der Waals surface area contributed by atoms with Crippen molar-refractivity contribution in [1.82, 2.24) is 0 Å². The van der Waals surface area contributed by atoms with Crippen LogP contribution in [0.1, 0.15) is 5.56 Å². The standard InChI is InChI=1S/2C10H9N.C7H9N.C2H5NO2/c11-10-7-3-5-8-4-1-2-6-9(8)10;11-10-6-5-8-3-1-2-4-9(8)7-10;1-6-3-2-4-7(8)5-6;3-1-2(4)5/h2*1-7H,11H2;2-5H,8H2,1H3;1,3H2,(H,4,5). The van der Waals surface area contributed by atoms with E-state index in [1.165, 1.54) is 21.7 Å². The molecule has 0 saturated heterocycles. The third kappa shape index (κ3) is 9.45. The summed E-state index contributed by atoms with van der Waals surface area (Å²) >= 11 is 0. The van der Waals surface area contributed by atoms with E-state index in [9.17, 15) is 4.79 Å². The molecule has 0 bridgehead atoms. The van der Waals surface area contributed by atoms with Crippen LogP contribution in [0.3, 0.4) is 0 Å². The molecule has 9 N–H and O–H groups in total. The normalized spacial score (nSPS) is 9.54. The van der Waals surface area contributed by atoms with Crippen LogP contribution in [0.2, 0.25) is 0 Å². The summed E-state index contributed by atoms with van der Waals surface area (Å²) in [6, 6.07) is 36.0. The largest absolute Gasteiger partial charge is 0.480 e. The minimum absolute atomic E-state index is 0.278. The summed E-state index contributed by atoms with van der Waals surface area (Å²) < 4.78 is 0. The monoisotopic (exact) mass is 468 g/mol. The zero-order chi connectivity index (χ0) is 25.6. The molecule has 5 aromatic carbocycles. The van der Waals surface area contributed by atoms with Crippen molar-refractivity contribution >= 4 is 44.6 Å².